The Labute approximate surface area is 159 Å². The number of carbonyl (C=O) groups excluding carboxylic acids is 2. The number of anilines is 3. The fourth-order valence-corrected chi connectivity index (χ4v) is 2.76. The molecule has 0 unspecified atom stereocenters. The highest BCUT2D eigenvalue weighted by atomic mass is 32.1. The molecule has 8 nitrogen and oxygen atoms in total. The van der Waals surface area contributed by atoms with Crippen LogP contribution in [0, 0.1) is 0 Å². The number of aromatic nitrogens is 2. The van der Waals surface area contributed by atoms with Gasteiger partial charge in [0.2, 0.25) is 0 Å². The van der Waals surface area contributed by atoms with Crippen LogP contribution in [0.3, 0.4) is 0 Å². The van der Waals surface area contributed by atoms with Crippen molar-refractivity contribution < 1.29 is 14.3 Å². The molecule has 0 radical (unpaired) electrons. The number of urea groups is 1. The van der Waals surface area contributed by atoms with E-state index < -0.39 is 11.9 Å². The van der Waals surface area contributed by atoms with Crippen LogP contribution in [0.2, 0.25) is 0 Å². The van der Waals surface area contributed by atoms with Gasteiger partial charge in [0, 0.05) is 22.9 Å². The van der Waals surface area contributed by atoms with E-state index in [0.29, 0.717) is 23.7 Å². The fourth-order valence-electron chi connectivity index (χ4n) is 2.20. The third-order valence-electron chi connectivity index (χ3n) is 3.38. The Hall–Kier alpha value is -3.46. The molecule has 3 rings (SSSR count). The molecular weight excluding hydrogens is 366 g/mol. The molecule has 3 amide bonds. The van der Waals surface area contributed by atoms with Gasteiger partial charge in [-0.1, -0.05) is 22.7 Å². The van der Waals surface area contributed by atoms with Crippen molar-refractivity contribution in [2.45, 2.75) is 6.92 Å². The zero-order valence-corrected chi connectivity index (χ0v) is 15.2. The first kappa shape index (κ1) is 18.3. The minimum atomic E-state index is -0.484. The van der Waals surface area contributed by atoms with E-state index in [0.717, 1.165) is 11.5 Å². The third-order valence-corrected chi connectivity index (χ3v) is 4.03. The molecule has 0 aliphatic carbocycles. The Morgan fingerprint density at radius 1 is 0.963 bits per heavy atom. The van der Waals surface area contributed by atoms with E-state index in [4.69, 9.17) is 4.74 Å². The number of benzene rings is 2. The molecule has 0 atom stereocenters. The summed E-state index contributed by atoms with van der Waals surface area (Å²) in [4.78, 5) is 24.5. The van der Waals surface area contributed by atoms with Gasteiger partial charge in [0.1, 0.15) is 5.75 Å². The van der Waals surface area contributed by atoms with Crippen LogP contribution >= 0.6 is 11.5 Å². The van der Waals surface area contributed by atoms with Crippen LogP contribution in [-0.4, -0.2) is 28.1 Å². The van der Waals surface area contributed by atoms with Crippen LogP contribution in [0.25, 0.3) is 0 Å². The molecule has 9 heteroatoms. The Balaban J connectivity index is 1.63. The van der Waals surface area contributed by atoms with Crippen molar-refractivity contribution in [2.75, 3.05) is 22.6 Å². The molecular formula is C18H17N5O3S. The van der Waals surface area contributed by atoms with Gasteiger partial charge < -0.3 is 15.4 Å². The summed E-state index contributed by atoms with van der Waals surface area (Å²) in [5.41, 5.74) is 1.25. The molecule has 0 fully saturated rings. The lowest BCUT2D eigenvalue weighted by atomic mass is 10.3. The van der Waals surface area contributed by atoms with Crippen LogP contribution in [0.15, 0.2) is 54.6 Å². The smallest absolute Gasteiger partial charge is 0.324 e. The molecule has 27 heavy (non-hydrogen) atoms. The normalized spacial score (nSPS) is 10.1. The topological polar surface area (TPSA) is 105 Å². The number of carbonyl (C=O) groups is 2. The minimum Gasteiger partial charge on any atom is -0.494 e. The van der Waals surface area contributed by atoms with E-state index in [1.165, 1.54) is 0 Å². The maximum atomic E-state index is 12.4. The summed E-state index contributed by atoms with van der Waals surface area (Å²) in [5, 5.41) is 12.0. The lowest BCUT2D eigenvalue weighted by Crippen LogP contribution is -2.21. The summed E-state index contributed by atoms with van der Waals surface area (Å²) >= 11 is 0.922. The summed E-state index contributed by atoms with van der Waals surface area (Å²) < 4.78 is 9.11. The molecule has 1 aromatic heterocycles. The maximum Gasteiger partial charge on any atom is 0.324 e. The van der Waals surface area contributed by atoms with Crippen molar-refractivity contribution >= 4 is 39.8 Å². The van der Waals surface area contributed by atoms with Crippen molar-refractivity contribution in [3.63, 3.8) is 0 Å². The second-order valence-electron chi connectivity index (χ2n) is 5.31. The zero-order valence-electron chi connectivity index (χ0n) is 14.4. The lowest BCUT2D eigenvalue weighted by molar-refractivity contribution is 0.102. The number of hydrogen-bond donors (Lipinski definition) is 3. The summed E-state index contributed by atoms with van der Waals surface area (Å²) in [5.74, 6) is 0.244. The maximum absolute atomic E-state index is 12.4. The Morgan fingerprint density at radius 3 is 2.37 bits per heavy atom. The van der Waals surface area contributed by atoms with Gasteiger partial charge in [-0.25, -0.2) is 4.79 Å². The van der Waals surface area contributed by atoms with Crippen molar-refractivity contribution in [1.29, 1.82) is 0 Å². The van der Waals surface area contributed by atoms with E-state index >= 15 is 0 Å². The van der Waals surface area contributed by atoms with E-state index in [-0.39, 0.29) is 10.7 Å². The second kappa shape index (κ2) is 8.77. The lowest BCUT2D eigenvalue weighted by Gasteiger charge is -2.08. The first-order chi connectivity index (χ1) is 13.2. The summed E-state index contributed by atoms with van der Waals surface area (Å²) in [6.45, 7) is 2.46. The third kappa shape index (κ3) is 5.02. The molecule has 0 aliphatic rings. The highest BCUT2D eigenvalue weighted by Crippen LogP contribution is 2.21. The summed E-state index contributed by atoms with van der Waals surface area (Å²) in [7, 11) is 0. The molecule has 0 aliphatic heterocycles. The van der Waals surface area contributed by atoms with Crippen molar-refractivity contribution in [2.24, 2.45) is 0 Å². The van der Waals surface area contributed by atoms with Gasteiger partial charge in [-0.2, -0.15) is 0 Å². The van der Waals surface area contributed by atoms with Gasteiger partial charge in [0.25, 0.3) is 5.91 Å². The molecule has 0 bridgehead atoms. The quantitative estimate of drug-likeness (QED) is 0.600. The van der Waals surface area contributed by atoms with Gasteiger partial charge in [-0.3, -0.25) is 10.1 Å². The average Bonchev–Trinajstić information content (AvgIpc) is 3.12. The molecule has 0 spiro atoms. The highest BCUT2D eigenvalue weighted by molar-refractivity contribution is 7.10. The number of nitrogens with one attached hydrogen (secondary N) is 3. The largest absolute Gasteiger partial charge is 0.494 e. The molecule has 0 saturated carbocycles. The average molecular weight is 383 g/mol. The van der Waals surface area contributed by atoms with E-state index in [1.54, 1.807) is 48.5 Å². The van der Waals surface area contributed by atoms with Crippen LogP contribution in [0.5, 0.6) is 5.75 Å². The van der Waals surface area contributed by atoms with Crippen LogP contribution in [0.1, 0.15) is 17.4 Å². The van der Waals surface area contributed by atoms with Gasteiger partial charge in [0.15, 0.2) is 10.7 Å². The van der Waals surface area contributed by atoms with Crippen LogP contribution in [-0.2, 0) is 0 Å². The highest BCUT2D eigenvalue weighted by Gasteiger charge is 2.18. The SMILES string of the molecule is CCOc1ccc(NC(=O)c2nnsc2NC(=O)Nc2ccccc2)cc1. The monoisotopic (exact) mass is 383 g/mol. The fraction of sp³-hybridized carbons (Fsp3) is 0.111. The molecule has 0 saturated heterocycles. The van der Waals surface area contributed by atoms with Crippen molar-refractivity contribution in [1.82, 2.24) is 9.59 Å². The van der Waals surface area contributed by atoms with E-state index in [9.17, 15) is 9.59 Å². The first-order valence-electron chi connectivity index (χ1n) is 8.15. The molecule has 3 aromatic rings. The number of para-hydroxylation sites is 1. The van der Waals surface area contributed by atoms with E-state index in [2.05, 4.69) is 25.5 Å². The van der Waals surface area contributed by atoms with Gasteiger partial charge in [-0.15, -0.1) is 5.10 Å². The van der Waals surface area contributed by atoms with Crippen molar-refractivity contribution in [3.05, 3.63) is 60.3 Å². The standard InChI is InChI=1S/C18H17N5O3S/c1-2-26-14-10-8-13(9-11-14)19-16(24)15-17(27-23-22-15)21-18(25)20-12-6-4-3-5-7-12/h3-11H,2H2,1H3,(H,19,24)(H2,20,21,25). The molecule has 2 aromatic carbocycles. The van der Waals surface area contributed by atoms with Gasteiger partial charge in [0.05, 0.1) is 6.61 Å². The van der Waals surface area contributed by atoms with Gasteiger partial charge >= 0.3 is 6.03 Å². The number of rotatable bonds is 6. The second-order valence-corrected chi connectivity index (χ2v) is 6.06. The number of ether oxygens (including phenoxy) is 1. The van der Waals surface area contributed by atoms with E-state index in [1.807, 2.05) is 13.0 Å². The predicted molar refractivity (Wildman–Crippen MR) is 105 cm³/mol. The van der Waals surface area contributed by atoms with Gasteiger partial charge in [-0.05, 0) is 43.3 Å². The Morgan fingerprint density at radius 2 is 1.67 bits per heavy atom. The molecule has 1 heterocycles. The summed E-state index contributed by atoms with van der Waals surface area (Å²) in [6, 6.07) is 15.4. The predicted octanol–water partition coefficient (Wildman–Crippen LogP) is 3.83. The first-order valence-corrected chi connectivity index (χ1v) is 8.92. The molecule has 138 valence electrons. The number of amides is 3. The minimum absolute atomic E-state index is 0.0390. The van der Waals surface area contributed by atoms with Crippen LogP contribution in [0.4, 0.5) is 21.2 Å². The zero-order chi connectivity index (χ0) is 19.1. The number of hydrogen-bond acceptors (Lipinski definition) is 6. The Kier molecular flexibility index (Phi) is 5.95. The Bertz CT molecular complexity index is 912. The summed E-state index contributed by atoms with van der Waals surface area (Å²) in [6.07, 6.45) is 0. The number of nitrogens with zero attached hydrogens (tertiary/aromatic N) is 2. The molecule has 3 N–H and O–H groups in total. The van der Waals surface area contributed by atoms with Crippen LogP contribution < -0.4 is 20.7 Å². The van der Waals surface area contributed by atoms with Crippen molar-refractivity contribution in [3.8, 4) is 5.75 Å².